The normalized spacial score (nSPS) is 11.3. The molecule has 0 radical (unpaired) electrons. The molecule has 0 aliphatic carbocycles. The predicted octanol–water partition coefficient (Wildman–Crippen LogP) is 8.70. The highest BCUT2D eigenvalue weighted by Crippen LogP contribution is 2.31. The van der Waals surface area contributed by atoms with E-state index in [1.807, 2.05) is 24.3 Å². The van der Waals surface area contributed by atoms with E-state index in [1.54, 1.807) is 19.1 Å². The molecule has 7 heteroatoms. The summed E-state index contributed by atoms with van der Waals surface area (Å²) in [6.45, 7) is 2.58. The second-order valence-electron chi connectivity index (χ2n) is 8.70. The van der Waals surface area contributed by atoms with Gasteiger partial charge in [0.1, 0.15) is 5.75 Å². The Bertz CT molecular complexity index is 1340. The van der Waals surface area contributed by atoms with Gasteiger partial charge in [0, 0.05) is 0 Å². The van der Waals surface area contributed by atoms with Gasteiger partial charge in [-0.25, -0.2) is 0 Å². The fourth-order valence-corrected chi connectivity index (χ4v) is 3.98. The van der Waals surface area contributed by atoms with Crippen LogP contribution in [0.5, 0.6) is 17.2 Å². The number of rotatable bonds is 11. The van der Waals surface area contributed by atoms with E-state index in [2.05, 4.69) is 31.2 Å². The third-order valence-electron chi connectivity index (χ3n) is 5.87. The molecule has 0 aliphatic rings. The fourth-order valence-electron chi connectivity index (χ4n) is 3.98. The molecule has 0 N–H and O–H groups in total. The minimum absolute atomic E-state index is 0.0931. The van der Waals surface area contributed by atoms with Crippen LogP contribution in [-0.4, -0.2) is 19.3 Å². The number of alkyl halides is 2. The lowest BCUT2D eigenvalue weighted by molar-refractivity contribution is -0.195. The molecule has 198 valence electrons. The largest absolute Gasteiger partial charge is 0.491 e. The zero-order chi connectivity index (χ0) is 27.1. The molecule has 3 nitrogen and oxygen atoms in total. The highest BCUT2D eigenvalue weighted by Gasteiger charge is 2.34. The minimum Gasteiger partial charge on any atom is -0.491 e. The fraction of sp³-hybridized carbons (Fsp3) is 0.226. The van der Waals surface area contributed by atoms with E-state index in [0.717, 1.165) is 47.2 Å². The van der Waals surface area contributed by atoms with E-state index in [-0.39, 0.29) is 18.1 Å². The van der Waals surface area contributed by atoms with Gasteiger partial charge in [-0.15, -0.1) is 0 Å². The van der Waals surface area contributed by atoms with Crippen molar-refractivity contribution in [1.82, 2.24) is 0 Å². The van der Waals surface area contributed by atoms with Crippen molar-refractivity contribution in [2.24, 2.45) is 0 Å². The first-order chi connectivity index (χ1) is 18.3. The lowest BCUT2D eigenvalue weighted by Gasteiger charge is -2.19. The second-order valence-corrected chi connectivity index (χ2v) is 8.70. The van der Waals surface area contributed by atoms with E-state index in [1.165, 1.54) is 17.7 Å². The van der Waals surface area contributed by atoms with Gasteiger partial charge in [0.25, 0.3) is 0 Å². The monoisotopic (exact) mass is 524 g/mol. The minimum atomic E-state index is -3.78. The van der Waals surface area contributed by atoms with Gasteiger partial charge in [-0.3, -0.25) is 0 Å². The smallest absolute Gasteiger partial charge is 0.432 e. The summed E-state index contributed by atoms with van der Waals surface area (Å²) in [5, 5.41) is 0. The molecule has 4 rings (SSSR count). The molecule has 0 unspecified atom stereocenters. The molecule has 4 aromatic carbocycles. The van der Waals surface area contributed by atoms with Crippen molar-refractivity contribution < 1.29 is 31.8 Å². The van der Waals surface area contributed by atoms with Gasteiger partial charge >= 0.3 is 6.11 Å². The number of halogens is 4. The second kappa shape index (κ2) is 12.0. The van der Waals surface area contributed by atoms with Gasteiger partial charge < -0.3 is 14.2 Å². The van der Waals surface area contributed by atoms with E-state index >= 15 is 0 Å². The maximum atomic E-state index is 14.3. The van der Waals surface area contributed by atoms with Crippen molar-refractivity contribution in [1.29, 1.82) is 0 Å². The molecule has 0 heterocycles. The number of ether oxygens (including phenoxy) is 3. The molecular weight excluding hydrogens is 496 g/mol. The van der Waals surface area contributed by atoms with Gasteiger partial charge in [-0.2, -0.15) is 17.6 Å². The summed E-state index contributed by atoms with van der Waals surface area (Å²) in [6.07, 6.45) is -1.62. The average molecular weight is 525 g/mol. The Kier molecular flexibility index (Phi) is 8.56. The zero-order valence-electron chi connectivity index (χ0n) is 21.1. The maximum Gasteiger partial charge on any atom is 0.432 e. The van der Waals surface area contributed by atoms with Crippen molar-refractivity contribution in [2.75, 3.05) is 13.2 Å². The van der Waals surface area contributed by atoms with E-state index < -0.39 is 30.1 Å². The standard InChI is InChI=1S/C31H28F4O3/c1-3-5-21-6-8-22(9-7-21)23-10-12-24(13-11-23)25-14-16-26(17-15-25)38-31(34,35)20-37-28-19-18-27(36-4-2)29(32)30(28)33/h6-19H,3-5,20H2,1-2H3. The van der Waals surface area contributed by atoms with Crippen molar-refractivity contribution in [3.05, 3.63) is 102 Å². The third kappa shape index (κ3) is 6.65. The Morgan fingerprint density at radius 2 is 1.05 bits per heavy atom. The van der Waals surface area contributed by atoms with Crippen LogP contribution in [0.2, 0.25) is 0 Å². The van der Waals surface area contributed by atoms with Crippen LogP contribution >= 0.6 is 0 Å². The summed E-state index contributed by atoms with van der Waals surface area (Å²) in [7, 11) is 0. The van der Waals surface area contributed by atoms with Gasteiger partial charge in [-0.05, 0) is 65.4 Å². The molecule has 0 bridgehead atoms. The van der Waals surface area contributed by atoms with Crippen molar-refractivity contribution >= 4 is 0 Å². The SMILES string of the molecule is CCCc1ccc(-c2ccc(-c3ccc(OC(F)(F)COc4ccc(OCC)c(F)c4F)cc3)cc2)cc1. The molecule has 0 aliphatic heterocycles. The highest BCUT2D eigenvalue weighted by molar-refractivity contribution is 5.70. The summed E-state index contributed by atoms with van der Waals surface area (Å²) >= 11 is 0. The topological polar surface area (TPSA) is 27.7 Å². The van der Waals surface area contributed by atoms with E-state index in [9.17, 15) is 17.6 Å². The quantitative estimate of drug-likeness (QED) is 0.184. The molecule has 0 spiro atoms. The van der Waals surface area contributed by atoms with Crippen molar-refractivity contribution in [3.63, 3.8) is 0 Å². The Morgan fingerprint density at radius 3 is 1.53 bits per heavy atom. The number of hydrogen-bond donors (Lipinski definition) is 0. The van der Waals surface area contributed by atoms with Gasteiger partial charge in [-0.1, -0.05) is 74.0 Å². The molecule has 0 amide bonds. The van der Waals surface area contributed by atoms with E-state index in [4.69, 9.17) is 14.2 Å². The van der Waals surface area contributed by atoms with Crippen LogP contribution in [0, 0.1) is 11.6 Å². The van der Waals surface area contributed by atoms with Crippen LogP contribution in [0.4, 0.5) is 17.6 Å². The summed E-state index contributed by atoms with van der Waals surface area (Å²) < 4.78 is 71.2. The number of benzene rings is 4. The summed E-state index contributed by atoms with van der Waals surface area (Å²) in [4.78, 5) is 0. The van der Waals surface area contributed by atoms with Gasteiger partial charge in [0.2, 0.25) is 11.6 Å². The summed E-state index contributed by atoms with van der Waals surface area (Å²) in [5.74, 6) is -3.79. The van der Waals surface area contributed by atoms with E-state index in [0.29, 0.717) is 0 Å². The van der Waals surface area contributed by atoms with Crippen LogP contribution < -0.4 is 14.2 Å². The molecule has 0 fully saturated rings. The Hall–Kier alpha value is -4.00. The van der Waals surface area contributed by atoms with Gasteiger partial charge in [0.05, 0.1) is 6.61 Å². The molecular formula is C31H28F4O3. The predicted molar refractivity (Wildman–Crippen MR) is 140 cm³/mol. The first-order valence-electron chi connectivity index (χ1n) is 12.4. The van der Waals surface area contributed by atoms with Crippen LogP contribution in [-0.2, 0) is 6.42 Å². The zero-order valence-corrected chi connectivity index (χ0v) is 21.1. The number of aryl methyl sites for hydroxylation is 1. The highest BCUT2D eigenvalue weighted by atomic mass is 19.3. The van der Waals surface area contributed by atoms with Gasteiger partial charge in [0.15, 0.2) is 18.1 Å². The lowest BCUT2D eigenvalue weighted by atomic mass is 9.99. The van der Waals surface area contributed by atoms with Crippen LogP contribution in [0.3, 0.4) is 0 Å². The molecule has 38 heavy (non-hydrogen) atoms. The molecule has 0 saturated heterocycles. The Balaban J connectivity index is 1.37. The Labute approximate surface area is 219 Å². The van der Waals surface area contributed by atoms with Crippen molar-refractivity contribution in [3.8, 4) is 39.5 Å². The summed E-state index contributed by atoms with van der Waals surface area (Å²) in [6, 6.07) is 24.8. The lowest BCUT2D eigenvalue weighted by Crippen LogP contribution is -2.32. The third-order valence-corrected chi connectivity index (χ3v) is 5.87. The number of hydrogen-bond acceptors (Lipinski definition) is 3. The molecule has 0 aromatic heterocycles. The molecule has 0 atom stereocenters. The molecule has 0 saturated carbocycles. The Morgan fingerprint density at radius 1 is 0.605 bits per heavy atom. The first kappa shape index (κ1) is 27.0. The summed E-state index contributed by atoms with van der Waals surface area (Å²) in [5.41, 5.74) is 5.27. The first-order valence-corrected chi connectivity index (χ1v) is 12.4. The van der Waals surface area contributed by atoms with Crippen LogP contribution in [0.25, 0.3) is 22.3 Å². The molecule has 4 aromatic rings. The van der Waals surface area contributed by atoms with Crippen LogP contribution in [0.15, 0.2) is 84.9 Å². The maximum absolute atomic E-state index is 14.3. The van der Waals surface area contributed by atoms with Crippen molar-refractivity contribution in [2.45, 2.75) is 32.8 Å². The van der Waals surface area contributed by atoms with Crippen LogP contribution in [0.1, 0.15) is 25.8 Å². The average Bonchev–Trinajstić information content (AvgIpc) is 2.92.